The molecule has 2 aromatic rings. The molecular formula is C11H11FN2O2. The van der Waals surface area contributed by atoms with Gasteiger partial charge in [0, 0.05) is 5.56 Å². The topological polar surface area (TPSA) is 61.3 Å². The summed E-state index contributed by atoms with van der Waals surface area (Å²) in [5, 5.41) is 3.55. The van der Waals surface area contributed by atoms with Gasteiger partial charge in [0.05, 0.1) is 18.9 Å². The van der Waals surface area contributed by atoms with E-state index in [0.717, 1.165) is 0 Å². The Labute approximate surface area is 91.8 Å². The first-order chi connectivity index (χ1) is 7.63. The van der Waals surface area contributed by atoms with Gasteiger partial charge in [-0.25, -0.2) is 4.39 Å². The molecule has 2 N–H and O–H groups in total. The highest BCUT2D eigenvalue weighted by molar-refractivity contribution is 5.78. The van der Waals surface area contributed by atoms with Gasteiger partial charge in [0.15, 0.2) is 0 Å². The summed E-state index contributed by atoms with van der Waals surface area (Å²) in [6.07, 6.45) is 1.44. The van der Waals surface area contributed by atoms with Crippen LogP contribution in [0.15, 0.2) is 22.9 Å². The normalized spacial score (nSPS) is 10.4. The van der Waals surface area contributed by atoms with Gasteiger partial charge in [-0.3, -0.25) is 0 Å². The molecule has 84 valence electrons. The molecule has 0 radical (unpaired) electrons. The van der Waals surface area contributed by atoms with Crippen molar-refractivity contribution in [1.82, 2.24) is 5.16 Å². The lowest BCUT2D eigenvalue weighted by Crippen LogP contribution is -1.94. The van der Waals surface area contributed by atoms with Crippen LogP contribution in [0.25, 0.3) is 11.1 Å². The Bertz CT molecular complexity index is 523. The smallest absolute Gasteiger partial charge is 0.230 e. The summed E-state index contributed by atoms with van der Waals surface area (Å²) in [7, 11) is 1.52. The maximum atomic E-state index is 13.3. The lowest BCUT2D eigenvalue weighted by atomic mass is 10.0. The van der Waals surface area contributed by atoms with Crippen molar-refractivity contribution < 1.29 is 13.7 Å². The number of nitrogens with two attached hydrogens (primary N) is 1. The minimum atomic E-state index is -0.353. The van der Waals surface area contributed by atoms with Crippen LogP contribution in [0.1, 0.15) is 5.56 Å². The van der Waals surface area contributed by atoms with Crippen molar-refractivity contribution >= 4 is 5.88 Å². The zero-order valence-corrected chi connectivity index (χ0v) is 8.95. The van der Waals surface area contributed by atoms with E-state index in [1.807, 2.05) is 0 Å². The SMILES string of the molecule is COc1c(C)cc(F)cc1-c1cnoc1N. The van der Waals surface area contributed by atoms with Crippen molar-refractivity contribution in [2.24, 2.45) is 0 Å². The average molecular weight is 222 g/mol. The number of hydrogen-bond donors (Lipinski definition) is 1. The first-order valence-electron chi connectivity index (χ1n) is 4.68. The minimum absolute atomic E-state index is 0.142. The fraction of sp³-hybridized carbons (Fsp3) is 0.182. The van der Waals surface area contributed by atoms with E-state index in [4.69, 9.17) is 15.0 Å². The van der Waals surface area contributed by atoms with Crippen LogP contribution in [0, 0.1) is 12.7 Å². The predicted octanol–water partition coefficient (Wildman–Crippen LogP) is 2.38. The summed E-state index contributed by atoms with van der Waals surface area (Å²) in [5.74, 6) is 0.355. The van der Waals surface area contributed by atoms with Crippen LogP contribution in [0.4, 0.5) is 10.3 Å². The number of methoxy groups -OCH3 is 1. The van der Waals surface area contributed by atoms with Crippen LogP contribution in [0.5, 0.6) is 5.75 Å². The van der Waals surface area contributed by atoms with Gasteiger partial charge in [0.1, 0.15) is 11.6 Å². The predicted molar refractivity (Wildman–Crippen MR) is 57.6 cm³/mol. The second kappa shape index (κ2) is 3.84. The summed E-state index contributed by atoms with van der Waals surface area (Å²) in [4.78, 5) is 0. The number of anilines is 1. The van der Waals surface area contributed by atoms with Crippen LogP contribution in [-0.4, -0.2) is 12.3 Å². The number of aromatic nitrogens is 1. The summed E-state index contributed by atoms with van der Waals surface area (Å²) < 4.78 is 23.3. The number of nitrogens with zero attached hydrogens (tertiary/aromatic N) is 1. The molecule has 0 amide bonds. The van der Waals surface area contributed by atoms with Crippen LogP contribution in [0.2, 0.25) is 0 Å². The zero-order valence-electron chi connectivity index (χ0n) is 8.95. The third kappa shape index (κ3) is 1.60. The first-order valence-corrected chi connectivity index (χ1v) is 4.68. The van der Waals surface area contributed by atoms with Crippen LogP contribution >= 0.6 is 0 Å². The molecule has 0 unspecified atom stereocenters. The number of nitrogen functional groups attached to an aromatic ring is 1. The number of ether oxygens (including phenoxy) is 1. The molecule has 0 atom stereocenters. The van der Waals surface area contributed by atoms with E-state index in [1.165, 1.54) is 25.4 Å². The second-order valence-corrected chi connectivity index (χ2v) is 3.41. The van der Waals surface area contributed by atoms with Gasteiger partial charge in [-0.15, -0.1) is 0 Å². The molecular weight excluding hydrogens is 211 g/mol. The highest BCUT2D eigenvalue weighted by atomic mass is 19.1. The molecule has 0 saturated heterocycles. The highest BCUT2D eigenvalue weighted by Gasteiger charge is 2.15. The number of hydrogen-bond acceptors (Lipinski definition) is 4. The maximum Gasteiger partial charge on any atom is 0.230 e. The van der Waals surface area contributed by atoms with E-state index >= 15 is 0 Å². The van der Waals surface area contributed by atoms with E-state index in [9.17, 15) is 4.39 Å². The van der Waals surface area contributed by atoms with Crippen molar-refractivity contribution in [3.05, 3.63) is 29.7 Å². The Morgan fingerprint density at radius 3 is 2.69 bits per heavy atom. The maximum absolute atomic E-state index is 13.3. The molecule has 0 spiro atoms. The fourth-order valence-electron chi connectivity index (χ4n) is 1.65. The summed E-state index contributed by atoms with van der Waals surface area (Å²) in [6.45, 7) is 1.76. The third-order valence-corrected chi connectivity index (χ3v) is 2.33. The Hall–Kier alpha value is -2.04. The van der Waals surface area contributed by atoms with Crippen molar-refractivity contribution in [3.8, 4) is 16.9 Å². The number of aryl methyl sites for hydroxylation is 1. The lowest BCUT2D eigenvalue weighted by molar-refractivity contribution is 0.412. The van der Waals surface area contributed by atoms with Crippen molar-refractivity contribution in [2.45, 2.75) is 6.92 Å². The largest absolute Gasteiger partial charge is 0.496 e. The Morgan fingerprint density at radius 1 is 1.38 bits per heavy atom. The standard InChI is InChI=1S/C11H11FN2O2/c1-6-3-7(12)4-8(10(6)15-2)9-5-14-16-11(9)13/h3-5H,13H2,1-2H3. The molecule has 2 rings (SSSR count). The number of benzene rings is 1. The number of halogens is 1. The first kappa shape index (κ1) is 10.5. The van der Waals surface area contributed by atoms with Gasteiger partial charge in [-0.1, -0.05) is 5.16 Å². The van der Waals surface area contributed by atoms with Gasteiger partial charge in [-0.2, -0.15) is 0 Å². The van der Waals surface area contributed by atoms with Crippen molar-refractivity contribution in [1.29, 1.82) is 0 Å². The van der Waals surface area contributed by atoms with E-state index in [1.54, 1.807) is 6.92 Å². The van der Waals surface area contributed by atoms with Crippen LogP contribution in [0.3, 0.4) is 0 Å². The second-order valence-electron chi connectivity index (χ2n) is 3.41. The van der Waals surface area contributed by atoms with Crippen LogP contribution in [-0.2, 0) is 0 Å². The number of rotatable bonds is 2. The van der Waals surface area contributed by atoms with Gasteiger partial charge >= 0.3 is 0 Å². The van der Waals surface area contributed by atoms with Gasteiger partial charge in [0.25, 0.3) is 0 Å². The highest BCUT2D eigenvalue weighted by Crippen LogP contribution is 2.36. The molecule has 1 aromatic carbocycles. The quantitative estimate of drug-likeness (QED) is 0.847. The fourth-order valence-corrected chi connectivity index (χ4v) is 1.65. The molecule has 0 aliphatic rings. The Morgan fingerprint density at radius 2 is 2.12 bits per heavy atom. The van der Waals surface area contributed by atoms with Gasteiger partial charge in [-0.05, 0) is 24.6 Å². The molecule has 5 heteroatoms. The van der Waals surface area contributed by atoms with E-state index in [2.05, 4.69) is 5.16 Å². The van der Waals surface area contributed by atoms with E-state index < -0.39 is 0 Å². The molecule has 4 nitrogen and oxygen atoms in total. The molecule has 0 saturated carbocycles. The Balaban J connectivity index is 2.68. The molecule has 0 aliphatic carbocycles. The molecule has 0 fully saturated rings. The van der Waals surface area contributed by atoms with E-state index in [0.29, 0.717) is 22.4 Å². The van der Waals surface area contributed by atoms with Gasteiger partial charge in [0.2, 0.25) is 5.88 Å². The molecule has 16 heavy (non-hydrogen) atoms. The lowest BCUT2D eigenvalue weighted by Gasteiger charge is -2.10. The molecule has 1 aromatic heterocycles. The summed E-state index contributed by atoms with van der Waals surface area (Å²) >= 11 is 0. The summed E-state index contributed by atoms with van der Waals surface area (Å²) in [5.41, 5.74) is 7.35. The molecule has 0 bridgehead atoms. The van der Waals surface area contributed by atoms with Crippen LogP contribution < -0.4 is 10.5 Å². The van der Waals surface area contributed by atoms with Crippen molar-refractivity contribution in [2.75, 3.05) is 12.8 Å². The van der Waals surface area contributed by atoms with Gasteiger partial charge < -0.3 is 15.0 Å². The molecule has 0 aliphatic heterocycles. The minimum Gasteiger partial charge on any atom is -0.496 e. The van der Waals surface area contributed by atoms with Crippen molar-refractivity contribution in [3.63, 3.8) is 0 Å². The Kier molecular flexibility index (Phi) is 2.52. The van der Waals surface area contributed by atoms with E-state index in [-0.39, 0.29) is 11.7 Å². The zero-order chi connectivity index (χ0) is 11.7. The monoisotopic (exact) mass is 222 g/mol. The third-order valence-electron chi connectivity index (χ3n) is 2.33. The molecule has 1 heterocycles. The average Bonchev–Trinajstić information content (AvgIpc) is 2.63. The summed E-state index contributed by atoms with van der Waals surface area (Å²) in [6, 6.07) is 2.74.